The molecule has 8 nitrogen and oxygen atoms in total. The minimum Gasteiger partial charge on any atom is -0.466 e. The summed E-state index contributed by atoms with van der Waals surface area (Å²) in [5.74, 6) is -0.283. The third kappa shape index (κ3) is 6.42. The molecule has 1 aromatic rings. The third-order valence-corrected chi connectivity index (χ3v) is 6.32. The van der Waals surface area contributed by atoms with Crippen molar-refractivity contribution in [2.24, 2.45) is 5.92 Å². The molecule has 0 unspecified atom stereocenters. The fraction of sp³-hybridized carbons (Fsp3) is 0.700. The summed E-state index contributed by atoms with van der Waals surface area (Å²) < 4.78 is 5.06. The number of aromatic nitrogens is 1. The van der Waals surface area contributed by atoms with Gasteiger partial charge in [-0.05, 0) is 32.6 Å². The molecule has 0 atom stereocenters. The third-order valence-electron chi connectivity index (χ3n) is 5.51. The number of nitrogens with zero attached hydrogens (tertiary/aromatic N) is 2. The molecular weight excluding hydrogens is 392 g/mol. The number of hydrogen-bond donors (Lipinski definition) is 2. The van der Waals surface area contributed by atoms with Crippen molar-refractivity contribution in [3.63, 3.8) is 0 Å². The van der Waals surface area contributed by atoms with E-state index in [1.807, 2.05) is 0 Å². The van der Waals surface area contributed by atoms with E-state index in [9.17, 15) is 14.4 Å². The van der Waals surface area contributed by atoms with Crippen LogP contribution in [0.2, 0.25) is 0 Å². The molecule has 0 aromatic carbocycles. The monoisotopic (exact) mass is 422 g/mol. The topological polar surface area (TPSA) is 101 Å². The van der Waals surface area contributed by atoms with Gasteiger partial charge in [-0.2, -0.15) is 0 Å². The van der Waals surface area contributed by atoms with E-state index >= 15 is 0 Å². The maximum absolute atomic E-state index is 12.5. The first-order chi connectivity index (χ1) is 14.0. The van der Waals surface area contributed by atoms with E-state index in [2.05, 4.69) is 15.6 Å². The van der Waals surface area contributed by atoms with Gasteiger partial charge in [0.15, 0.2) is 5.13 Å². The number of carbonyl (C=O) groups excluding carboxylic acids is 3. The summed E-state index contributed by atoms with van der Waals surface area (Å²) in [5.41, 5.74) is 0.653. The van der Waals surface area contributed by atoms with Crippen LogP contribution in [0.3, 0.4) is 0 Å². The first kappa shape index (κ1) is 21.5. The maximum Gasteiger partial charge on any atom is 0.321 e. The van der Waals surface area contributed by atoms with Gasteiger partial charge in [-0.25, -0.2) is 9.78 Å². The highest BCUT2D eigenvalue weighted by atomic mass is 32.1. The van der Waals surface area contributed by atoms with E-state index in [0.717, 1.165) is 25.7 Å². The molecular formula is C20H30N4O4S. The second-order valence-corrected chi connectivity index (χ2v) is 8.52. The minimum absolute atomic E-state index is 0.00387. The number of carbonyl (C=O) groups is 3. The van der Waals surface area contributed by atoms with Crippen LogP contribution < -0.4 is 10.6 Å². The van der Waals surface area contributed by atoms with E-state index in [0.29, 0.717) is 43.4 Å². The van der Waals surface area contributed by atoms with Crippen molar-refractivity contribution in [3.8, 4) is 0 Å². The zero-order valence-corrected chi connectivity index (χ0v) is 17.8. The van der Waals surface area contributed by atoms with Gasteiger partial charge in [0, 0.05) is 24.5 Å². The van der Waals surface area contributed by atoms with Crippen LogP contribution >= 0.6 is 11.3 Å². The van der Waals surface area contributed by atoms with Gasteiger partial charge >= 0.3 is 12.0 Å². The Morgan fingerprint density at radius 1 is 1.17 bits per heavy atom. The van der Waals surface area contributed by atoms with Crippen LogP contribution in [0.1, 0.15) is 57.6 Å². The number of hydrogen-bond acceptors (Lipinski definition) is 6. The number of ether oxygens (including phenoxy) is 1. The Morgan fingerprint density at radius 3 is 2.59 bits per heavy atom. The van der Waals surface area contributed by atoms with E-state index in [1.54, 1.807) is 17.2 Å². The van der Waals surface area contributed by atoms with Gasteiger partial charge in [0.1, 0.15) is 0 Å². The van der Waals surface area contributed by atoms with Crippen molar-refractivity contribution < 1.29 is 19.1 Å². The average molecular weight is 423 g/mol. The van der Waals surface area contributed by atoms with Gasteiger partial charge in [0.25, 0.3) is 0 Å². The number of thiazole rings is 1. The standard InChI is InChI=1S/C20H30N4O4S/c1-2-28-18(26)14-8-10-24(11-9-14)17(25)12-16-13-29-20(22-16)23-19(27)21-15-6-4-3-5-7-15/h13-15H,2-12H2,1H3,(H2,21,22,23,27). The van der Waals surface area contributed by atoms with Crippen molar-refractivity contribution in [1.29, 1.82) is 0 Å². The van der Waals surface area contributed by atoms with E-state index in [-0.39, 0.29) is 36.3 Å². The molecule has 160 valence electrons. The Morgan fingerprint density at radius 2 is 1.90 bits per heavy atom. The number of nitrogens with one attached hydrogen (secondary N) is 2. The fourth-order valence-corrected chi connectivity index (χ4v) is 4.61. The lowest BCUT2D eigenvalue weighted by molar-refractivity contribution is -0.151. The van der Waals surface area contributed by atoms with E-state index in [4.69, 9.17) is 4.74 Å². The molecule has 1 saturated heterocycles. The van der Waals surface area contributed by atoms with Gasteiger partial charge in [0.05, 0.1) is 24.6 Å². The van der Waals surface area contributed by atoms with Gasteiger partial charge in [-0.3, -0.25) is 14.9 Å². The molecule has 1 aliphatic heterocycles. The predicted molar refractivity (Wildman–Crippen MR) is 111 cm³/mol. The van der Waals surface area contributed by atoms with Crippen molar-refractivity contribution in [2.45, 2.75) is 64.3 Å². The van der Waals surface area contributed by atoms with Crippen molar-refractivity contribution in [1.82, 2.24) is 15.2 Å². The van der Waals surface area contributed by atoms with Gasteiger partial charge in [-0.15, -0.1) is 11.3 Å². The molecule has 1 aromatic heterocycles. The summed E-state index contributed by atoms with van der Waals surface area (Å²) in [7, 11) is 0. The Hall–Kier alpha value is -2.16. The molecule has 0 spiro atoms. The van der Waals surface area contributed by atoms with Crippen molar-refractivity contribution in [2.75, 3.05) is 25.0 Å². The molecule has 2 N–H and O–H groups in total. The molecule has 9 heteroatoms. The number of likely N-dealkylation sites (tertiary alicyclic amines) is 1. The maximum atomic E-state index is 12.5. The Kier molecular flexibility index (Phi) is 7.85. The molecule has 29 heavy (non-hydrogen) atoms. The summed E-state index contributed by atoms with van der Waals surface area (Å²) >= 11 is 1.32. The number of rotatable bonds is 6. The first-order valence-electron chi connectivity index (χ1n) is 10.5. The quantitative estimate of drug-likeness (QED) is 0.687. The lowest BCUT2D eigenvalue weighted by Gasteiger charge is -2.30. The molecule has 3 amide bonds. The molecule has 1 aliphatic carbocycles. The largest absolute Gasteiger partial charge is 0.466 e. The summed E-state index contributed by atoms with van der Waals surface area (Å²) in [6.45, 7) is 3.30. The number of urea groups is 1. The summed E-state index contributed by atoms with van der Waals surface area (Å²) in [4.78, 5) is 42.6. The second-order valence-electron chi connectivity index (χ2n) is 7.66. The summed E-state index contributed by atoms with van der Waals surface area (Å²) in [6.07, 6.45) is 7.08. The number of amides is 3. The van der Waals surface area contributed by atoms with Gasteiger partial charge in [-0.1, -0.05) is 19.3 Å². The Balaban J connectivity index is 1.42. The molecule has 0 radical (unpaired) electrons. The SMILES string of the molecule is CCOC(=O)C1CCN(C(=O)Cc2csc(NC(=O)NC3CCCCC3)n2)CC1. The van der Waals surface area contributed by atoms with E-state index < -0.39 is 0 Å². The lowest BCUT2D eigenvalue weighted by Crippen LogP contribution is -2.41. The average Bonchev–Trinajstić information content (AvgIpc) is 3.15. The predicted octanol–water partition coefficient (Wildman–Crippen LogP) is 2.94. The zero-order chi connectivity index (χ0) is 20.6. The van der Waals surface area contributed by atoms with Crippen LogP contribution in [0.4, 0.5) is 9.93 Å². The fourth-order valence-electron chi connectivity index (χ4n) is 3.90. The molecule has 3 rings (SSSR count). The van der Waals surface area contributed by atoms with E-state index in [1.165, 1.54) is 17.8 Å². The first-order valence-corrected chi connectivity index (χ1v) is 11.4. The highest BCUT2D eigenvalue weighted by molar-refractivity contribution is 7.13. The number of piperidine rings is 1. The van der Waals surface area contributed by atoms with Crippen LogP contribution in [0.25, 0.3) is 0 Å². The number of esters is 1. The van der Waals surface area contributed by atoms with Gasteiger partial charge < -0.3 is 15.0 Å². The summed E-state index contributed by atoms with van der Waals surface area (Å²) in [5, 5.41) is 8.08. The van der Waals surface area contributed by atoms with Crippen LogP contribution in [0.5, 0.6) is 0 Å². The highest BCUT2D eigenvalue weighted by Crippen LogP contribution is 2.21. The van der Waals surface area contributed by atoms with Crippen LogP contribution in [-0.2, 0) is 20.7 Å². The molecule has 2 heterocycles. The smallest absolute Gasteiger partial charge is 0.321 e. The van der Waals surface area contributed by atoms with Crippen molar-refractivity contribution >= 4 is 34.4 Å². The summed E-state index contributed by atoms with van der Waals surface area (Å²) in [6, 6.07) is 0.00691. The molecule has 2 fully saturated rings. The molecule has 1 saturated carbocycles. The Labute approximate surface area is 175 Å². The molecule has 0 bridgehead atoms. The highest BCUT2D eigenvalue weighted by Gasteiger charge is 2.28. The van der Waals surface area contributed by atoms with Crippen molar-refractivity contribution in [3.05, 3.63) is 11.1 Å². The normalized spacial score (nSPS) is 18.3. The zero-order valence-electron chi connectivity index (χ0n) is 16.9. The second kappa shape index (κ2) is 10.6. The van der Waals surface area contributed by atoms with Crippen LogP contribution in [-0.4, -0.2) is 53.5 Å². The lowest BCUT2D eigenvalue weighted by atomic mass is 9.96. The Bertz CT molecular complexity index is 709. The number of anilines is 1. The van der Waals surface area contributed by atoms with Crippen LogP contribution in [0, 0.1) is 5.92 Å². The van der Waals surface area contributed by atoms with Gasteiger partial charge in [0.2, 0.25) is 5.91 Å². The minimum atomic E-state index is -0.231. The van der Waals surface area contributed by atoms with Crippen LogP contribution in [0.15, 0.2) is 5.38 Å². The molecule has 2 aliphatic rings.